The Bertz CT molecular complexity index is 372. The monoisotopic (exact) mass is 219 g/mol. The highest BCUT2D eigenvalue weighted by molar-refractivity contribution is 5.61. The van der Waals surface area contributed by atoms with Crippen LogP contribution in [0.5, 0.6) is 5.75 Å². The Morgan fingerprint density at radius 2 is 2.44 bits per heavy atom. The summed E-state index contributed by atoms with van der Waals surface area (Å²) < 4.78 is 11.3. The van der Waals surface area contributed by atoms with Crippen LogP contribution >= 0.6 is 0 Å². The van der Waals surface area contributed by atoms with Crippen molar-refractivity contribution in [3.05, 3.63) is 23.8 Å². The van der Waals surface area contributed by atoms with Gasteiger partial charge in [0.15, 0.2) is 0 Å². The summed E-state index contributed by atoms with van der Waals surface area (Å²) >= 11 is 0. The SMILES string of the molecule is c1cc2c(c(OCC3CCOC3)c1)CCN2. The van der Waals surface area contributed by atoms with E-state index < -0.39 is 0 Å². The van der Waals surface area contributed by atoms with Gasteiger partial charge >= 0.3 is 0 Å². The zero-order chi connectivity index (χ0) is 10.8. The van der Waals surface area contributed by atoms with Crippen LogP contribution in [-0.4, -0.2) is 26.4 Å². The molecule has 1 aromatic rings. The molecule has 3 heteroatoms. The average molecular weight is 219 g/mol. The maximum Gasteiger partial charge on any atom is 0.124 e. The molecule has 0 saturated carbocycles. The van der Waals surface area contributed by atoms with Gasteiger partial charge in [0.05, 0.1) is 13.2 Å². The summed E-state index contributed by atoms with van der Waals surface area (Å²) in [5.41, 5.74) is 2.57. The van der Waals surface area contributed by atoms with Crippen LogP contribution in [0.4, 0.5) is 5.69 Å². The standard InChI is InChI=1S/C13H17NO2/c1-2-12-11(4-6-14-12)13(3-1)16-9-10-5-7-15-8-10/h1-3,10,14H,4-9H2. The van der Waals surface area contributed by atoms with E-state index in [1.54, 1.807) is 0 Å². The Balaban J connectivity index is 1.67. The zero-order valence-electron chi connectivity index (χ0n) is 9.37. The van der Waals surface area contributed by atoms with Crippen LogP contribution in [0.2, 0.25) is 0 Å². The van der Waals surface area contributed by atoms with Gasteiger partial charge in [0, 0.05) is 30.3 Å². The summed E-state index contributed by atoms with van der Waals surface area (Å²) in [6.07, 6.45) is 2.21. The van der Waals surface area contributed by atoms with Crippen LogP contribution < -0.4 is 10.1 Å². The van der Waals surface area contributed by atoms with Gasteiger partial charge in [-0.15, -0.1) is 0 Å². The molecule has 1 fully saturated rings. The Morgan fingerprint density at radius 3 is 3.31 bits per heavy atom. The lowest BCUT2D eigenvalue weighted by molar-refractivity contribution is 0.167. The van der Waals surface area contributed by atoms with Crippen molar-refractivity contribution in [2.24, 2.45) is 5.92 Å². The molecule has 0 radical (unpaired) electrons. The lowest BCUT2D eigenvalue weighted by atomic mass is 10.1. The first-order valence-corrected chi connectivity index (χ1v) is 6.00. The first-order valence-electron chi connectivity index (χ1n) is 6.00. The second kappa shape index (κ2) is 4.34. The van der Waals surface area contributed by atoms with Crippen molar-refractivity contribution in [1.82, 2.24) is 0 Å². The van der Waals surface area contributed by atoms with E-state index in [1.165, 1.54) is 11.3 Å². The first-order chi connectivity index (χ1) is 7.93. The molecule has 1 saturated heterocycles. The van der Waals surface area contributed by atoms with E-state index in [9.17, 15) is 0 Å². The summed E-state index contributed by atoms with van der Waals surface area (Å²) in [5.74, 6) is 1.62. The molecule has 3 nitrogen and oxygen atoms in total. The largest absolute Gasteiger partial charge is 0.493 e. The third kappa shape index (κ3) is 1.87. The molecule has 1 N–H and O–H groups in total. The van der Waals surface area contributed by atoms with Crippen molar-refractivity contribution in [2.45, 2.75) is 12.8 Å². The van der Waals surface area contributed by atoms with Crippen LogP contribution in [0.25, 0.3) is 0 Å². The molecule has 1 aromatic carbocycles. The van der Waals surface area contributed by atoms with Gasteiger partial charge in [-0.05, 0) is 25.0 Å². The molecule has 0 aromatic heterocycles. The number of rotatable bonds is 3. The van der Waals surface area contributed by atoms with Crippen LogP contribution in [0.3, 0.4) is 0 Å². The predicted octanol–water partition coefficient (Wildman–Crippen LogP) is 2.07. The van der Waals surface area contributed by atoms with E-state index in [0.717, 1.165) is 45.0 Å². The molecule has 0 bridgehead atoms. The average Bonchev–Trinajstić information content (AvgIpc) is 2.97. The molecule has 1 atom stereocenters. The molecule has 2 aliphatic rings. The zero-order valence-corrected chi connectivity index (χ0v) is 9.37. The van der Waals surface area contributed by atoms with Gasteiger partial charge in [-0.1, -0.05) is 6.07 Å². The third-order valence-electron chi connectivity index (χ3n) is 3.32. The second-order valence-corrected chi connectivity index (χ2v) is 4.50. The van der Waals surface area contributed by atoms with E-state index in [0.29, 0.717) is 5.92 Å². The maximum absolute atomic E-state index is 5.91. The number of hydrogen-bond acceptors (Lipinski definition) is 3. The molecule has 3 rings (SSSR count). The molecule has 0 amide bonds. The summed E-state index contributed by atoms with van der Waals surface area (Å²) in [4.78, 5) is 0. The predicted molar refractivity (Wildman–Crippen MR) is 63.1 cm³/mol. The molecule has 16 heavy (non-hydrogen) atoms. The highest BCUT2D eigenvalue weighted by Crippen LogP contribution is 2.31. The van der Waals surface area contributed by atoms with Gasteiger partial charge < -0.3 is 14.8 Å². The Hall–Kier alpha value is -1.22. The minimum Gasteiger partial charge on any atom is -0.493 e. The highest BCUT2D eigenvalue weighted by atomic mass is 16.5. The van der Waals surface area contributed by atoms with E-state index in [-0.39, 0.29) is 0 Å². The molecule has 2 heterocycles. The molecule has 0 aliphatic carbocycles. The van der Waals surface area contributed by atoms with Crippen LogP contribution in [0, 0.1) is 5.92 Å². The quantitative estimate of drug-likeness (QED) is 0.844. The number of anilines is 1. The van der Waals surface area contributed by atoms with Crippen molar-refractivity contribution in [3.8, 4) is 5.75 Å². The Labute approximate surface area is 95.8 Å². The third-order valence-corrected chi connectivity index (χ3v) is 3.32. The first kappa shape index (κ1) is 9.97. The summed E-state index contributed by atoms with van der Waals surface area (Å²) in [7, 11) is 0. The number of benzene rings is 1. The second-order valence-electron chi connectivity index (χ2n) is 4.50. The van der Waals surface area contributed by atoms with Gasteiger partial charge in [0.25, 0.3) is 0 Å². The van der Waals surface area contributed by atoms with Crippen molar-refractivity contribution >= 4 is 5.69 Å². The molecular weight excluding hydrogens is 202 g/mol. The number of fused-ring (bicyclic) bond motifs is 1. The molecule has 0 spiro atoms. The summed E-state index contributed by atoms with van der Waals surface area (Å²) in [6, 6.07) is 6.24. The highest BCUT2D eigenvalue weighted by Gasteiger charge is 2.19. The summed E-state index contributed by atoms with van der Waals surface area (Å²) in [6.45, 7) is 3.56. The number of ether oxygens (including phenoxy) is 2. The Kier molecular flexibility index (Phi) is 2.70. The van der Waals surface area contributed by atoms with Crippen LogP contribution in [0.1, 0.15) is 12.0 Å². The minimum atomic E-state index is 0.574. The van der Waals surface area contributed by atoms with Gasteiger partial charge in [0.1, 0.15) is 5.75 Å². The van der Waals surface area contributed by atoms with Gasteiger partial charge in [-0.3, -0.25) is 0 Å². The molecule has 1 unspecified atom stereocenters. The molecule has 86 valence electrons. The Morgan fingerprint density at radius 1 is 1.44 bits per heavy atom. The number of hydrogen-bond donors (Lipinski definition) is 1. The van der Waals surface area contributed by atoms with E-state index >= 15 is 0 Å². The minimum absolute atomic E-state index is 0.574. The molecule has 2 aliphatic heterocycles. The van der Waals surface area contributed by atoms with Crippen molar-refractivity contribution in [2.75, 3.05) is 31.7 Å². The van der Waals surface area contributed by atoms with Crippen molar-refractivity contribution < 1.29 is 9.47 Å². The van der Waals surface area contributed by atoms with Crippen molar-refractivity contribution in [1.29, 1.82) is 0 Å². The fraction of sp³-hybridized carbons (Fsp3) is 0.538. The smallest absolute Gasteiger partial charge is 0.124 e. The van der Waals surface area contributed by atoms with Crippen molar-refractivity contribution in [3.63, 3.8) is 0 Å². The fourth-order valence-electron chi connectivity index (χ4n) is 2.37. The normalized spacial score (nSPS) is 22.9. The van der Waals surface area contributed by atoms with E-state index in [4.69, 9.17) is 9.47 Å². The van der Waals surface area contributed by atoms with E-state index in [1.807, 2.05) is 0 Å². The lowest BCUT2D eigenvalue weighted by Crippen LogP contribution is -2.12. The fourth-order valence-corrected chi connectivity index (χ4v) is 2.37. The number of nitrogens with one attached hydrogen (secondary N) is 1. The topological polar surface area (TPSA) is 30.5 Å². The van der Waals surface area contributed by atoms with Crippen LogP contribution in [0.15, 0.2) is 18.2 Å². The van der Waals surface area contributed by atoms with Gasteiger partial charge in [-0.25, -0.2) is 0 Å². The summed E-state index contributed by atoms with van der Waals surface area (Å²) in [5, 5.41) is 3.36. The van der Waals surface area contributed by atoms with Crippen LogP contribution in [-0.2, 0) is 11.2 Å². The maximum atomic E-state index is 5.91. The van der Waals surface area contributed by atoms with Gasteiger partial charge in [0.2, 0.25) is 0 Å². The van der Waals surface area contributed by atoms with Gasteiger partial charge in [-0.2, -0.15) is 0 Å². The van der Waals surface area contributed by atoms with E-state index in [2.05, 4.69) is 23.5 Å². The lowest BCUT2D eigenvalue weighted by Gasteiger charge is -2.13. The molecular formula is C13H17NO2.